The Morgan fingerprint density at radius 1 is 1.40 bits per heavy atom. The topological polar surface area (TPSA) is 88.2 Å². The minimum atomic E-state index is -0.617. The van der Waals surface area contributed by atoms with Crippen LogP contribution < -0.4 is 11.2 Å². The summed E-state index contributed by atoms with van der Waals surface area (Å²) in [5.74, 6) is -1.04. The SMILES string of the molecule is N=C(N)NOC(=O)/C=C/c1ccccc1. The van der Waals surface area contributed by atoms with Crippen LogP contribution in [0.2, 0.25) is 0 Å². The van der Waals surface area contributed by atoms with Gasteiger partial charge in [0.25, 0.3) is 0 Å². The van der Waals surface area contributed by atoms with Crippen LogP contribution in [0, 0.1) is 5.41 Å². The molecule has 4 N–H and O–H groups in total. The Kier molecular flexibility index (Phi) is 3.91. The molecule has 0 bridgehead atoms. The average molecular weight is 205 g/mol. The summed E-state index contributed by atoms with van der Waals surface area (Å²) in [6.07, 6.45) is 2.84. The third-order valence-corrected chi connectivity index (χ3v) is 1.47. The number of nitrogens with one attached hydrogen (secondary N) is 2. The first-order valence-corrected chi connectivity index (χ1v) is 4.22. The minimum Gasteiger partial charge on any atom is -0.368 e. The number of carbonyl (C=O) groups excluding carboxylic acids is 1. The van der Waals surface area contributed by atoms with Gasteiger partial charge in [-0.05, 0) is 11.6 Å². The van der Waals surface area contributed by atoms with Gasteiger partial charge in [0, 0.05) is 6.08 Å². The molecule has 5 heteroatoms. The number of guanidine groups is 1. The quantitative estimate of drug-likeness (QED) is 0.286. The smallest absolute Gasteiger partial charge is 0.355 e. The van der Waals surface area contributed by atoms with E-state index >= 15 is 0 Å². The largest absolute Gasteiger partial charge is 0.368 e. The maximum Gasteiger partial charge on any atom is 0.355 e. The Labute approximate surface area is 87.0 Å². The number of rotatable bonds is 2. The molecule has 1 rings (SSSR count). The summed E-state index contributed by atoms with van der Waals surface area (Å²) in [6.45, 7) is 0. The van der Waals surface area contributed by atoms with Gasteiger partial charge in [0.15, 0.2) is 0 Å². The van der Waals surface area contributed by atoms with Crippen LogP contribution in [0.4, 0.5) is 0 Å². The van der Waals surface area contributed by atoms with Gasteiger partial charge in [-0.2, -0.15) is 5.48 Å². The predicted octanol–water partition coefficient (Wildman–Crippen LogP) is 0.641. The van der Waals surface area contributed by atoms with E-state index in [-0.39, 0.29) is 0 Å². The summed E-state index contributed by atoms with van der Waals surface area (Å²) in [4.78, 5) is 15.4. The molecule has 0 radical (unpaired) electrons. The first-order valence-electron chi connectivity index (χ1n) is 4.22. The summed E-state index contributed by atoms with van der Waals surface area (Å²) in [5.41, 5.74) is 7.75. The van der Waals surface area contributed by atoms with E-state index in [1.54, 1.807) is 6.08 Å². The van der Waals surface area contributed by atoms with Gasteiger partial charge in [-0.3, -0.25) is 5.41 Å². The molecule has 1 aromatic carbocycles. The first-order chi connectivity index (χ1) is 7.18. The predicted molar refractivity (Wildman–Crippen MR) is 56.6 cm³/mol. The fourth-order valence-corrected chi connectivity index (χ4v) is 0.868. The van der Waals surface area contributed by atoms with Crippen LogP contribution in [0.25, 0.3) is 6.08 Å². The highest BCUT2D eigenvalue weighted by atomic mass is 16.7. The lowest BCUT2D eigenvalue weighted by molar-refractivity contribution is -0.141. The first kappa shape index (κ1) is 10.8. The fourth-order valence-electron chi connectivity index (χ4n) is 0.868. The second-order valence-electron chi connectivity index (χ2n) is 2.68. The number of carbonyl (C=O) groups is 1. The number of benzene rings is 1. The monoisotopic (exact) mass is 205 g/mol. The molecule has 0 heterocycles. The molecule has 0 fully saturated rings. The molecule has 78 valence electrons. The molecule has 15 heavy (non-hydrogen) atoms. The highest BCUT2D eigenvalue weighted by Crippen LogP contribution is 2.00. The molecule has 0 spiro atoms. The summed E-state index contributed by atoms with van der Waals surface area (Å²) in [7, 11) is 0. The van der Waals surface area contributed by atoms with Crippen LogP contribution in [0.15, 0.2) is 36.4 Å². The van der Waals surface area contributed by atoms with E-state index < -0.39 is 11.9 Å². The van der Waals surface area contributed by atoms with Crippen molar-refractivity contribution in [1.29, 1.82) is 5.41 Å². The maximum absolute atomic E-state index is 11.0. The Hall–Kier alpha value is -2.30. The van der Waals surface area contributed by atoms with Gasteiger partial charge >= 0.3 is 5.97 Å². The summed E-state index contributed by atoms with van der Waals surface area (Å²) >= 11 is 0. The molecule has 0 unspecified atom stereocenters. The molecule has 0 aromatic heterocycles. The van der Waals surface area contributed by atoms with E-state index in [0.29, 0.717) is 0 Å². The summed E-state index contributed by atoms with van der Waals surface area (Å²) in [6, 6.07) is 9.30. The molecule has 0 saturated heterocycles. The standard InChI is InChI=1S/C10H11N3O2/c11-10(12)13-15-9(14)7-6-8-4-2-1-3-5-8/h1-7H,(H4,11,12,13)/b7-6+. The summed E-state index contributed by atoms with van der Waals surface area (Å²) < 4.78 is 0. The van der Waals surface area contributed by atoms with Crippen LogP contribution in [0.5, 0.6) is 0 Å². The van der Waals surface area contributed by atoms with E-state index in [1.807, 2.05) is 35.8 Å². The van der Waals surface area contributed by atoms with Crippen molar-refractivity contribution in [2.24, 2.45) is 5.73 Å². The van der Waals surface area contributed by atoms with Crippen molar-refractivity contribution in [1.82, 2.24) is 5.48 Å². The third-order valence-electron chi connectivity index (χ3n) is 1.47. The highest BCUT2D eigenvalue weighted by Gasteiger charge is 1.96. The van der Waals surface area contributed by atoms with Crippen molar-refractivity contribution in [2.45, 2.75) is 0 Å². The Bertz CT molecular complexity index is 374. The van der Waals surface area contributed by atoms with E-state index in [4.69, 9.17) is 11.1 Å². The normalized spacial score (nSPS) is 9.87. The van der Waals surface area contributed by atoms with Gasteiger partial charge in [0.1, 0.15) is 0 Å². The van der Waals surface area contributed by atoms with Crippen LogP contribution >= 0.6 is 0 Å². The number of nitrogens with two attached hydrogens (primary N) is 1. The molecule has 0 saturated carbocycles. The lowest BCUT2D eigenvalue weighted by Crippen LogP contribution is -2.32. The van der Waals surface area contributed by atoms with Crippen molar-refractivity contribution < 1.29 is 9.63 Å². The van der Waals surface area contributed by atoms with Gasteiger partial charge in [-0.1, -0.05) is 30.3 Å². The van der Waals surface area contributed by atoms with Crippen molar-refractivity contribution in [2.75, 3.05) is 0 Å². The molecule has 0 aliphatic heterocycles. The Balaban J connectivity index is 2.44. The molecule has 0 amide bonds. The Morgan fingerprint density at radius 2 is 2.07 bits per heavy atom. The van der Waals surface area contributed by atoms with Crippen molar-refractivity contribution >= 4 is 18.0 Å². The number of hydrogen-bond acceptors (Lipinski definition) is 3. The molecule has 0 aliphatic carbocycles. The average Bonchev–Trinajstić information content (AvgIpc) is 2.25. The lowest BCUT2D eigenvalue weighted by atomic mass is 10.2. The number of hydroxylamine groups is 1. The second kappa shape index (κ2) is 5.43. The van der Waals surface area contributed by atoms with E-state index in [1.165, 1.54) is 6.08 Å². The zero-order valence-corrected chi connectivity index (χ0v) is 7.94. The summed E-state index contributed by atoms with van der Waals surface area (Å²) in [5, 5.41) is 6.75. The molecule has 5 nitrogen and oxygen atoms in total. The zero-order valence-electron chi connectivity index (χ0n) is 7.94. The molecular formula is C10H11N3O2. The molecule has 0 aliphatic rings. The number of hydrogen-bond donors (Lipinski definition) is 3. The van der Waals surface area contributed by atoms with E-state index in [2.05, 4.69) is 4.84 Å². The molecular weight excluding hydrogens is 194 g/mol. The van der Waals surface area contributed by atoms with Gasteiger partial charge in [-0.15, -0.1) is 0 Å². The van der Waals surface area contributed by atoms with Gasteiger partial charge in [0.05, 0.1) is 0 Å². The van der Waals surface area contributed by atoms with Crippen LogP contribution in [-0.4, -0.2) is 11.9 Å². The second-order valence-corrected chi connectivity index (χ2v) is 2.68. The molecule has 1 aromatic rings. The maximum atomic E-state index is 11.0. The minimum absolute atomic E-state index is 0.420. The zero-order chi connectivity index (χ0) is 11.1. The van der Waals surface area contributed by atoms with Gasteiger partial charge in [-0.25, -0.2) is 4.79 Å². The highest BCUT2D eigenvalue weighted by molar-refractivity contribution is 5.88. The Morgan fingerprint density at radius 3 is 2.67 bits per heavy atom. The van der Waals surface area contributed by atoms with Crippen molar-refractivity contribution in [3.8, 4) is 0 Å². The van der Waals surface area contributed by atoms with Crippen molar-refractivity contribution in [3.63, 3.8) is 0 Å². The van der Waals surface area contributed by atoms with Crippen LogP contribution in [-0.2, 0) is 9.63 Å². The third kappa shape index (κ3) is 4.47. The van der Waals surface area contributed by atoms with Crippen LogP contribution in [0.3, 0.4) is 0 Å². The fraction of sp³-hybridized carbons (Fsp3) is 0. The lowest BCUT2D eigenvalue weighted by Gasteiger charge is -2.00. The van der Waals surface area contributed by atoms with E-state index in [0.717, 1.165) is 5.56 Å². The van der Waals surface area contributed by atoms with Gasteiger partial charge in [0.2, 0.25) is 5.96 Å². The molecule has 0 atom stereocenters. The van der Waals surface area contributed by atoms with Crippen molar-refractivity contribution in [3.05, 3.63) is 42.0 Å². The van der Waals surface area contributed by atoms with Crippen LogP contribution in [0.1, 0.15) is 5.56 Å². The van der Waals surface area contributed by atoms with E-state index in [9.17, 15) is 4.79 Å². The van der Waals surface area contributed by atoms with Gasteiger partial charge < -0.3 is 10.6 Å².